The summed E-state index contributed by atoms with van der Waals surface area (Å²) in [6, 6.07) is 5.85. The topological polar surface area (TPSA) is 84.7 Å². The molecule has 7 nitrogen and oxygen atoms in total. The Bertz CT molecular complexity index is 517. The highest BCUT2D eigenvalue weighted by Crippen LogP contribution is 2.26. The van der Waals surface area contributed by atoms with Crippen LogP contribution in [0.15, 0.2) is 24.3 Å². The second-order valence-electron chi connectivity index (χ2n) is 4.97. The molecule has 1 aromatic carbocycles. The highest BCUT2D eigenvalue weighted by atomic mass is 79.9. The van der Waals surface area contributed by atoms with E-state index in [0.717, 1.165) is 26.2 Å². The van der Waals surface area contributed by atoms with Crippen molar-refractivity contribution in [3.8, 4) is 0 Å². The van der Waals surface area contributed by atoms with E-state index >= 15 is 0 Å². The van der Waals surface area contributed by atoms with Crippen molar-refractivity contribution in [1.29, 1.82) is 0 Å². The van der Waals surface area contributed by atoms with Crippen molar-refractivity contribution in [3.05, 3.63) is 39.9 Å². The van der Waals surface area contributed by atoms with Crippen LogP contribution in [0, 0.1) is 10.1 Å². The van der Waals surface area contributed by atoms with Gasteiger partial charge in [-0.25, -0.2) is 0 Å². The van der Waals surface area contributed by atoms with Gasteiger partial charge < -0.3 is 10.1 Å². The largest absolute Gasteiger partial charge is 0.463 e. The van der Waals surface area contributed by atoms with Gasteiger partial charge in [-0.15, -0.1) is 0 Å². The first-order valence-electron chi connectivity index (χ1n) is 7.06. The fourth-order valence-corrected chi connectivity index (χ4v) is 2.62. The maximum atomic E-state index is 12.0. The zero-order valence-electron chi connectivity index (χ0n) is 12.0. The number of alkyl halides is 1. The van der Waals surface area contributed by atoms with Crippen LogP contribution >= 0.6 is 15.9 Å². The van der Waals surface area contributed by atoms with Crippen LogP contribution in [-0.4, -0.2) is 55.1 Å². The van der Waals surface area contributed by atoms with Crippen molar-refractivity contribution in [3.63, 3.8) is 0 Å². The third-order valence-electron chi connectivity index (χ3n) is 3.46. The molecule has 1 aromatic rings. The molecule has 1 unspecified atom stereocenters. The predicted molar refractivity (Wildman–Crippen MR) is 85.0 cm³/mol. The molecule has 0 aromatic heterocycles. The maximum Gasteiger partial charge on any atom is 0.324 e. The molecule has 1 fully saturated rings. The van der Waals surface area contributed by atoms with Gasteiger partial charge in [-0.05, 0) is 5.56 Å². The number of carbonyl (C=O) groups excluding carboxylic acids is 1. The van der Waals surface area contributed by atoms with Crippen LogP contribution in [0.25, 0.3) is 0 Å². The molecule has 0 bridgehead atoms. The standard InChI is InChI=1S/C14H18BrN3O4/c15-13(11-1-3-12(4-2-11)18(20)21)14(19)22-10-9-17-7-5-16-6-8-17/h1-4,13,16H,5-10H2. The molecule has 0 saturated carbocycles. The Morgan fingerprint density at radius 1 is 1.36 bits per heavy atom. The molecule has 0 radical (unpaired) electrons. The van der Waals surface area contributed by atoms with Crippen LogP contribution in [0.3, 0.4) is 0 Å². The first kappa shape index (κ1) is 16.9. The number of nitro benzene ring substituents is 1. The molecule has 2 rings (SSSR count). The molecule has 22 heavy (non-hydrogen) atoms. The summed E-state index contributed by atoms with van der Waals surface area (Å²) in [4.78, 5) is 23.7. The van der Waals surface area contributed by atoms with Gasteiger partial charge in [0.05, 0.1) is 4.92 Å². The number of esters is 1. The molecule has 8 heteroatoms. The molecule has 0 aliphatic carbocycles. The van der Waals surface area contributed by atoms with Gasteiger partial charge in [0.1, 0.15) is 11.4 Å². The van der Waals surface area contributed by atoms with E-state index in [0.29, 0.717) is 18.7 Å². The monoisotopic (exact) mass is 371 g/mol. The molecule has 0 spiro atoms. The van der Waals surface area contributed by atoms with Crippen molar-refractivity contribution < 1.29 is 14.5 Å². The molecule has 1 saturated heterocycles. The third kappa shape index (κ3) is 4.75. The second kappa shape index (κ2) is 8.21. The number of hydrogen-bond acceptors (Lipinski definition) is 6. The van der Waals surface area contributed by atoms with Gasteiger partial charge in [0, 0.05) is 44.9 Å². The lowest BCUT2D eigenvalue weighted by atomic mass is 10.1. The van der Waals surface area contributed by atoms with Crippen LogP contribution in [-0.2, 0) is 9.53 Å². The Morgan fingerprint density at radius 3 is 2.59 bits per heavy atom. The van der Waals surface area contributed by atoms with Gasteiger partial charge >= 0.3 is 5.97 Å². The Morgan fingerprint density at radius 2 is 2.00 bits per heavy atom. The number of carbonyl (C=O) groups is 1. The van der Waals surface area contributed by atoms with Gasteiger partial charge in [0.15, 0.2) is 0 Å². The quantitative estimate of drug-likeness (QED) is 0.353. The molecular formula is C14H18BrN3O4. The summed E-state index contributed by atoms with van der Waals surface area (Å²) in [5.74, 6) is -0.385. The Labute approximate surface area is 136 Å². The first-order valence-corrected chi connectivity index (χ1v) is 7.97. The molecule has 0 amide bonds. The summed E-state index contributed by atoms with van der Waals surface area (Å²) in [5.41, 5.74) is 0.633. The minimum absolute atomic E-state index is 0.00414. The molecule has 1 aliphatic rings. The van der Waals surface area contributed by atoms with E-state index in [9.17, 15) is 14.9 Å². The number of nitro groups is 1. The summed E-state index contributed by atoms with van der Waals surface area (Å²) in [6.45, 7) is 4.88. The number of piperazine rings is 1. The van der Waals surface area contributed by atoms with Gasteiger partial charge in [-0.2, -0.15) is 0 Å². The zero-order chi connectivity index (χ0) is 15.9. The fourth-order valence-electron chi connectivity index (χ4n) is 2.18. The maximum absolute atomic E-state index is 12.0. The molecule has 1 aliphatic heterocycles. The highest BCUT2D eigenvalue weighted by molar-refractivity contribution is 9.09. The lowest BCUT2D eigenvalue weighted by Gasteiger charge is -2.26. The number of non-ortho nitro benzene ring substituents is 1. The summed E-state index contributed by atoms with van der Waals surface area (Å²) in [6.07, 6.45) is 0. The van der Waals surface area contributed by atoms with Crippen molar-refractivity contribution in [2.24, 2.45) is 0 Å². The molecular weight excluding hydrogens is 354 g/mol. The minimum atomic E-state index is -0.615. The van der Waals surface area contributed by atoms with Crippen LogP contribution < -0.4 is 5.32 Å². The first-order chi connectivity index (χ1) is 10.6. The third-order valence-corrected chi connectivity index (χ3v) is 4.37. The number of benzene rings is 1. The van der Waals surface area contributed by atoms with Gasteiger partial charge in [-0.3, -0.25) is 19.8 Å². The van der Waals surface area contributed by atoms with Gasteiger partial charge in [0.25, 0.3) is 5.69 Å². The van der Waals surface area contributed by atoms with E-state index < -0.39 is 9.75 Å². The molecule has 1 atom stereocenters. The Hall–Kier alpha value is -1.51. The van der Waals surface area contributed by atoms with Gasteiger partial charge in [-0.1, -0.05) is 28.1 Å². The summed E-state index contributed by atoms with van der Waals surface area (Å²) >= 11 is 3.27. The number of nitrogens with zero attached hydrogens (tertiary/aromatic N) is 2. The lowest BCUT2D eigenvalue weighted by Crippen LogP contribution is -2.44. The zero-order valence-corrected chi connectivity index (χ0v) is 13.6. The number of halogens is 1. The SMILES string of the molecule is O=C(OCCN1CCNCC1)C(Br)c1ccc([N+](=O)[O-])cc1. The van der Waals surface area contributed by atoms with Crippen molar-refractivity contribution >= 4 is 27.6 Å². The normalized spacial score (nSPS) is 17.0. The van der Waals surface area contributed by atoms with Crippen molar-refractivity contribution in [2.45, 2.75) is 4.83 Å². The molecule has 1 N–H and O–H groups in total. The van der Waals surface area contributed by atoms with Crippen LogP contribution in [0.4, 0.5) is 5.69 Å². The molecule has 120 valence electrons. The van der Waals surface area contributed by atoms with Crippen LogP contribution in [0.5, 0.6) is 0 Å². The van der Waals surface area contributed by atoms with Crippen LogP contribution in [0.2, 0.25) is 0 Å². The highest BCUT2D eigenvalue weighted by Gasteiger charge is 2.20. The van der Waals surface area contributed by atoms with Crippen molar-refractivity contribution in [2.75, 3.05) is 39.3 Å². The summed E-state index contributed by atoms with van der Waals surface area (Å²) in [7, 11) is 0. The fraction of sp³-hybridized carbons (Fsp3) is 0.500. The van der Waals surface area contributed by atoms with Crippen LogP contribution in [0.1, 0.15) is 10.4 Å². The smallest absolute Gasteiger partial charge is 0.324 e. The Kier molecular flexibility index (Phi) is 6.29. The van der Waals surface area contributed by atoms with E-state index in [4.69, 9.17) is 4.74 Å². The number of nitrogens with one attached hydrogen (secondary N) is 1. The van der Waals surface area contributed by atoms with E-state index in [1.165, 1.54) is 12.1 Å². The average molecular weight is 372 g/mol. The minimum Gasteiger partial charge on any atom is -0.463 e. The summed E-state index contributed by atoms with van der Waals surface area (Å²) in [5, 5.41) is 13.9. The summed E-state index contributed by atoms with van der Waals surface area (Å²) < 4.78 is 5.26. The van der Waals surface area contributed by atoms with E-state index in [1.54, 1.807) is 12.1 Å². The number of ether oxygens (including phenoxy) is 1. The average Bonchev–Trinajstić information content (AvgIpc) is 2.55. The van der Waals surface area contributed by atoms with E-state index in [-0.39, 0.29) is 11.7 Å². The second-order valence-corrected chi connectivity index (χ2v) is 5.89. The predicted octanol–water partition coefficient (Wildman–Crippen LogP) is 1.48. The molecule has 1 heterocycles. The number of hydrogen-bond donors (Lipinski definition) is 1. The van der Waals surface area contributed by atoms with E-state index in [2.05, 4.69) is 26.1 Å². The van der Waals surface area contributed by atoms with Gasteiger partial charge in [0.2, 0.25) is 0 Å². The number of rotatable bonds is 6. The van der Waals surface area contributed by atoms with Crippen molar-refractivity contribution in [1.82, 2.24) is 10.2 Å². The lowest BCUT2D eigenvalue weighted by molar-refractivity contribution is -0.384. The van der Waals surface area contributed by atoms with E-state index in [1.807, 2.05) is 0 Å². The Balaban J connectivity index is 1.79.